The molecule has 0 saturated heterocycles. The van der Waals surface area contributed by atoms with E-state index >= 15 is 0 Å². The number of carbonyl (C=O) groups is 1. The third kappa shape index (κ3) is 4.16. The van der Waals surface area contributed by atoms with Crippen LogP contribution >= 0.6 is 0 Å². The number of amides is 2. The van der Waals surface area contributed by atoms with Crippen molar-refractivity contribution in [3.05, 3.63) is 54.2 Å². The van der Waals surface area contributed by atoms with Crippen molar-refractivity contribution in [1.29, 1.82) is 0 Å². The highest BCUT2D eigenvalue weighted by Gasteiger charge is 2.25. The zero-order valence-electron chi connectivity index (χ0n) is 14.3. The molecule has 8 nitrogen and oxygen atoms in total. The molecule has 1 atom stereocenters. The van der Waals surface area contributed by atoms with E-state index in [-0.39, 0.29) is 12.6 Å². The quantitative estimate of drug-likeness (QED) is 0.618. The first-order valence-electron chi connectivity index (χ1n) is 8.10. The molecule has 0 bridgehead atoms. The van der Waals surface area contributed by atoms with Gasteiger partial charge in [0.2, 0.25) is 0 Å². The fourth-order valence-electron chi connectivity index (χ4n) is 2.53. The van der Waals surface area contributed by atoms with E-state index < -0.39 is 5.60 Å². The minimum absolute atomic E-state index is 0.0961. The average Bonchev–Trinajstić information content (AvgIpc) is 3.19. The molecule has 3 heterocycles. The monoisotopic (exact) mass is 342 g/mol. The van der Waals surface area contributed by atoms with Crippen LogP contribution in [0.4, 0.5) is 4.79 Å². The summed E-state index contributed by atoms with van der Waals surface area (Å²) < 4.78 is 3.55. The normalized spacial score (nSPS) is 13.6. The molecule has 0 radical (unpaired) electrons. The summed E-state index contributed by atoms with van der Waals surface area (Å²) in [6, 6.07) is 5.49. The highest BCUT2D eigenvalue weighted by Crippen LogP contribution is 2.18. The van der Waals surface area contributed by atoms with E-state index in [1.165, 1.54) is 0 Å². The van der Waals surface area contributed by atoms with Crippen LogP contribution in [0.5, 0.6) is 0 Å². The van der Waals surface area contributed by atoms with Crippen LogP contribution in [0.3, 0.4) is 0 Å². The Hall–Kier alpha value is -2.87. The molecule has 0 spiro atoms. The average molecular weight is 342 g/mol. The Bertz CT molecular complexity index is 834. The summed E-state index contributed by atoms with van der Waals surface area (Å²) in [7, 11) is 1.78. The molecule has 0 aliphatic carbocycles. The van der Waals surface area contributed by atoms with Gasteiger partial charge in [0.05, 0.1) is 18.4 Å². The van der Waals surface area contributed by atoms with Crippen molar-refractivity contribution in [2.45, 2.75) is 18.9 Å². The maximum atomic E-state index is 11.9. The number of carbonyl (C=O) groups excluding carboxylic acids is 1. The first-order valence-corrected chi connectivity index (χ1v) is 8.10. The van der Waals surface area contributed by atoms with Crippen LogP contribution < -0.4 is 10.6 Å². The Balaban J connectivity index is 1.45. The van der Waals surface area contributed by atoms with Crippen LogP contribution in [0.1, 0.15) is 18.2 Å². The van der Waals surface area contributed by atoms with Crippen LogP contribution in [0.25, 0.3) is 5.65 Å². The van der Waals surface area contributed by atoms with E-state index in [4.69, 9.17) is 0 Å². The molecule has 0 fully saturated rings. The summed E-state index contributed by atoms with van der Waals surface area (Å²) in [6.07, 6.45) is 7.83. The third-order valence-electron chi connectivity index (χ3n) is 4.00. The van der Waals surface area contributed by atoms with Crippen molar-refractivity contribution >= 4 is 11.7 Å². The number of hydrogen-bond donors (Lipinski definition) is 3. The maximum Gasteiger partial charge on any atom is 0.314 e. The third-order valence-corrected chi connectivity index (χ3v) is 4.00. The van der Waals surface area contributed by atoms with Crippen LogP contribution in [-0.2, 0) is 19.1 Å². The molecule has 8 heteroatoms. The number of fused-ring (bicyclic) bond motifs is 1. The van der Waals surface area contributed by atoms with Gasteiger partial charge in [-0.2, -0.15) is 5.10 Å². The van der Waals surface area contributed by atoms with E-state index in [1.54, 1.807) is 31.0 Å². The van der Waals surface area contributed by atoms with E-state index in [0.717, 1.165) is 11.3 Å². The number of nitrogens with zero attached hydrogens (tertiary/aromatic N) is 4. The van der Waals surface area contributed by atoms with E-state index in [1.807, 2.05) is 35.0 Å². The number of aromatic nitrogens is 4. The summed E-state index contributed by atoms with van der Waals surface area (Å²) >= 11 is 0. The molecule has 3 aromatic heterocycles. The number of urea groups is 1. The van der Waals surface area contributed by atoms with Gasteiger partial charge in [-0.15, -0.1) is 0 Å². The van der Waals surface area contributed by atoms with Gasteiger partial charge in [-0.3, -0.25) is 4.68 Å². The highest BCUT2D eigenvalue weighted by atomic mass is 16.3. The van der Waals surface area contributed by atoms with Gasteiger partial charge in [-0.25, -0.2) is 9.78 Å². The fraction of sp³-hybridized carbons (Fsp3) is 0.353. The fourth-order valence-corrected chi connectivity index (χ4v) is 2.53. The standard InChI is InChI=1S/C17H22N6O2/c1-17(25,13-9-20-22(2)10-13)12-19-16(24)18-7-6-14-11-23-8-4-3-5-15(23)21-14/h3-5,8-11,25H,6-7,12H2,1-2H3,(H2,18,19,24). The van der Waals surface area contributed by atoms with Crippen molar-refractivity contribution in [3.8, 4) is 0 Å². The summed E-state index contributed by atoms with van der Waals surface area (Å²) in [4.78, 5) is 16.4. The van der Waals surface area contributed by atoms with E-state index in [0.29, 0.717) is 18.5 Å². The number of hydrogen-bond acceptors (Lipinski definition) is 4. The lowest BCUT2D eigenvalue weighted by Crippen LogP contribution is -2.43. The minimum atomic E-state index is -1.17. The number of aryl methyl sites for hydroxylation is 1. The van der Waals surface area contributed by atoms with Gasteiger partial charge in [-0.1, -0.05) is 6.07 Å². The molecule has 3 N–H and O–H groups in total. The molecule has 1 unspecified atom stereocenters. The van der Waals surface area contributed by atoms with Gasteiger partial charge < -0.3 is 20.1 Å². The molecule has 3 aromatic rings. The molecule has 25 heavy (non-hydrogen) atoms. The van der Waals surface area contributed by atoms with Crippen molar-refractivity contribution in [2.24, 2.45) is 7.05 Å². The first-order chi connectivity index (χ1) is 11.9. The Morgan fingerprint density at radius 3 is 2.88 bits per heavy atom. The predicted molar refractivity (Wildman–Crippen MR) is 93.1 cm³/mol. The van der Waals surface area contributed by atoms with Crippen LogP contribution in [0.15, 0.2) is 43.0 Å². The second-order valence-corrected chi connectivity index (χ2v) is 6.23. The Morgan fingerprint density at radius 2 is 2.16 bits per heavy atom. The van der Waals surface area contributed by atoms with E-state index in [2.05, 4.69) is 20.7 Å². The first kappa shape index (κ1) is 17.0. The molecule has 0 aliphatic heterocycles. The summed E-state index contributed by atoms with van der Waals surface area (Å²) in [5, 5.41) is 19.9. The number of pyridine rings is 1. The zero-order chi connectivity index (χ0) is 17.9. The lowest BCUT2D eigenvalue weighted by atomic mass is 10.00. The van der Waals surface area contributed by atoms with Gasteiger partial charge in [0.25, 0.3) is 0 Å². The van der Waals surface area contributed by atoms with Gasteiger partial charge >= 0.3 is 6.03 Å². The molecule has 2 amide bonds. The summed E-state index contributed by atoms with van der Waals surface area (Å²) in [5.74, 6) is 0. The van der Waals surface area contributed by atoms with Crippen molar-refractivity contribution < 1.29 is 9.90 Å². The molecular weight excluding hydrogens is 320 g/mol. The minimum Gasteiger partial charge on any atom is -0.383 e. The Kier molecular flexibility index (Phi) is 4.71. The predicted octanol–water partition coefficient (Wildman–Crippen LogP) is 0.817. The zero-order valence-corrected chi connectivity index (χ0v) is 14.3. The Labute approximate surface area is 145 Å². The van der Waals surface area contributed by atoms with Gasteiger partial charge in [-0.05, 0) is 19.1 Å². The number of aliphatic hydroxyl groups is 1. The number of rotatable bonds is 6. The van der Waals surface area contributed by atoms with Crippen molar-refractivity contribution in [1.82, 2.24) is 29.8 Å². The largest absolute Gasteiger partial charge is 0.383 e. The van der Waals surface area contributed by atoms with Crippen LogP contribution in [0.2, 0.25) is 0 Å². The lowest BCUT2D eigenvalue weighted by molar-refractivity contribution is 0.0593. The topological polar surface area (TPSA) is 96.5 Å². The lowest BCUT2D eigenvalue weighted by Gasteiger charge is -2.22. The number of nitrogens with one attached hydrogen (secondary N) is 2. The molecule has 0 aromatic carbocycles. The molecule has 0 saturated carbocycles. The van der Waals surface area contributed by atoms with Crippen LogP contribution in [0, 0.1) is 0 Å². The van der Waals surface area contributed by atoms with E-state index in [9.17, 15) is 9.90 Å². The molecule has 0 aliphatic rings. The smallest absolute Gasteiger partial charge is 0.314 e. The second kappa shape index (κ2) is 6.94. The maximum absolute atomic E-state index is 11.9. The van der Waals surface area contributed by atoms with Crippen LogP contribution in [-0.4, -0.2) is 43.4 Å². The second-order valence-electron chi connectivity index (χ2n) is 6.23. The highest BCUT2D eigenvalue weighted by molar-refractivity contribution is 5.73. The molecular formula is C17H22N6O2. The SMILES string of the molecule is Cn1cc(C(C)(O)CNC(=O)NCCc2cn3ccccc3n2)cn1. The number of imidazole rings is 1. The van der Waals surface area contributed by atoms with Gasteiger partial charge in [0.1, 0.15) is 11.2 Å². The van der Waals surface area contributed by atoms with Gasteiger partial charge in [0, 0.05) is 44.2 Å². The molecule has 132 valence electrons. The molecule has 3 rings (SSSR count). The van der Waals surface area contributed by atoms with Gasteiger partial charge in [0.15, 0.2) is 0 Å². The van der Waals surface area contributed by atoms with Crippen molar-refractivity contribution in [3.63, 3.8) is 0 Å². The Morgan fingerprint density at radius 1 is 1.32 bits per heavy atom. The van der Waals surface area contributed by atoms with Crippen molar-refractivity contribution in [2.75, 3.05) is 13.1 Å². The summed E-state index contributed by atoms with van der Waals surface area (Å²) in [5.41, 5.74) is 1.27. The summed E-state index contributed by atoms with van der Waals surface area (Å²) in [6.45, 7) is 2.20.